The van der Waals surface area contributed by atoms with E-state index in [1.54, 1.807) is 21.1 Å². The molecule has 3 nitrogen and oxygen atoms in total. The van der Waals surface area contributed by atoms with Crippen LogP contribution in [0.4, 0.5) is 0 Å². The van der Waals surface area contributed by atoms with Crippen LogP contribution in [-0.2, 0) is 14.3 Å². The fourth-order valence-corrected chi connectivity index (χ4v) is 2.72. The molecule has 0 amide bonds. The maximum Gasteiger partial charge on any atom is 0.130 e. The minimum atomic E-state index is -0.0818. The van der Waals surface area contributed by atoms with E-state index in [0.29, 0.717) is 19.6 Å². The summed E-state index contributed by atoms with van der Waals surface area (Å²) in [5, 5.41) is 0. The molecular formula is C21H30O3. The van der Waals surface area contributed by atoms with Crippen LogP contribution in [-0.4, -0.2) is 33.2 Å². The Labute approximate surface area is 146 Å². The molecule has 0 unspecified atom stereocenters. The summed E-state index contributed by atoms with van der Waals surface area (Å²) in [5.41, 5.74) is 1.11. The Bertz CT molecular complexity index is 511. The van der Waals surface area contributed by atoms with Crippen molar-refractivity contribution in [1.29, 1.82) is 0 Å². The number of allylic oxidation sites excluding steroid dienone is 3. The van der Waals surface area contributed by atoms with E-state index in [-0.39, 0.29) is 11.2 Å². The average molecular weight is 330 g/mol. The van der Waals surface area contributed by atoms with E-state index in [9.17, 15) is 4.79 Å². The van der Waals surface area contributed by atoms with Gasteiger partial charge in [0.15, 0.2) is 0 Å². The number of ether oxygens (including phenoxy) is 2. The Balaban J connectivity index is 2.69. The number of Topliss-reactive ketones (excluding diaryl/α,β-unsaturated/α-hetero) is 1. The van der Waals surface area contributed by atoms with Crippen molar-refractivity contribution in [3.8, 4) is 0 Å². The van der Waals surface area contributed by atoms with Gasteiger partial charge in [-0.1, -0.05) is 54.6 Å². The van der Waals surface area contributed by atoms with Crippen LogP contribution >= 0.6 is 0 Å². The predicted octanol–water partition coefficient (Wildman–Crippen LogP) is 4.68. The van der Waals surface area contributed by atoms with Crippen molar-refractivity contribution < 1.29 is 14.3 Å². The van der Waals surface area contributed by atoms with Crippen molar-refractivity contribution in [1.82, 2.24) is 0 Å². The average Bonchev–Trinajstić information content (AvgIpc) is 2.56. The lowest BCUT2D eigenvalue weighted by Gasteiger charge is -2.30. The lowest BCUT2D eigenvalue weighted by atomic mass is 9.82. The molecule has 24 heavy (non-hydrogen) atoms. The third-order valence-corrected chi connectivity index (χ3v) is 3.94. The summed E-state index contributed by atoms with van der Waals surface area (Å²) in [4.78, 5) is 11.0. The van der Waals surface area contributed by atoms with Crippen LogP contribution in [0.15, 0.2) is 48.6 Å². The summed E-state index contributed by atoms with van der Waals surface area (Å²) >= 11 is 0. The van der Waals surface area contributed by atoms with Gasteiger partial charge in [-0.05, 0) is 31.7 Å². The molecule has 0 saturated heterocycles. The lowest BCUT2D eigenvalue weighted by molar-refractivity contribution is -0.116. The maximum absolute atomic E-state index is 11.0. The summed E-state index contributed by atoms with van der Waals surface area (Å²) in [6.07, 6.45) is 11.7. The molecule has 132 valence electrons. The zero-order chi connectivity index (χ0) is 17.7. The first-order valence-electron chi connectivity index (χ1n) is 8.46. The van der Waals surface area contributed by atoms with Gasteiger partial charge in [0.25, 0.3) is 0 Å². The molecule has 0 aliphatic carbocycles. The molecule has 3 heteroatoms. The smallest absolute Gasteiger partial charge is 0.130 e. The number of ketones is 1. The Morgan fingerprint density at radius 1 is 1.00 bits per heavy atom. The molecule has 0 radical (unpaired) electrons. The second-order valence-corrected chi connectivity index (χ2v) is 6.30. The summed E-state index contributed by atoms with van der Waals surface area (Å²) in [6, 6.07) is 10.3. The van der Waals surface area contributed by atoms with Crippen molar-refractivity contribution >= 4 is 11.9 Å². The number of benzene rings is 1. The Morgan fingerprint density at radius 2 is 1.62 bits per heavy atom. The van der Waals surface area contributed by atoms with Crippen LogP contribution in [0.2, 0.25) is 0 Å². The molecule has 0 N–H and O–H groups in total. The van der Waals surface area contributed by atoms with Gasteiger partial charge in [-0.2, -0.15) is 0 Å². The largest absolute Gasteiger partial charge is 0.384 e. The molecule has 0 fully saturated rings. The van der Waals surface area contributed by atoms with E-state index in [0.717, 1.165) is 19.3 Å². The maximum atomic E-state index is 11.0. The minimum absolute atomic E-state index is 0.0818. The van der Waals surface area contributed by atoms with Crippen molar-refractivity contribution in [2.75, 3.05) is 27.4 Å². The van der Waals surface area contributed by atoms with Gasteiger partial charge in [-0.3, -0.25) is 0 Å². The number of methoxy groups -OCH3 is 2. The van der Waals surface area contributed by atoms with E-state index in [1.165, 1.54) is 5.56 Å². The third kappa shape index (κ3) is 8.23. The quantitative estimate of drug-likeness (QED) is 0.522. The molecule has 0 spiro atoms. The second-order valence-electron chi connectivity index (χ2n) is 6.30. The minimum Gasteiger partial charge on any atom is -0.384 e. The van der Waals surface area contributed by atoms with Gasteiger partial charge in [-0.15, -0.1) is 0 Å². The van der Waals surface area contributed by atoms with Gasteiger partial charge >= 0.3 is 0 Å². The summed E-state index contributed by atoms with van der Waals surface area (Å²) < 4.78 is 10.9. The highest BCUT2D eigenvalue weighted by atomic mass is 16.5. The molecule has 0 saturated carbocycles. The highest BCUT2D eigenvalue weighted by Gasteiger charge is 2.27. The van der Waals surface area contributed by atoms with Crippen LogP contribution in [0, 0.1) is 5.41 Å². The van der Waals surface area contributed by atoms with Gasteiger partial charge < -0.3 is 14.3 Å². The van der Waals surface area contributed by atoms with Crippen LogP contribution in [0.25, 0.3) is 6.08 Å². The molecule has 0 aliphatic heterocycles. The highest BCUT2D eigenvalue weighted by Crippen LogP contribution is 2.29. The van der Waals surface area contributed by atoms with E-state index >= 15 is 0 Å². The van der Waals surface area contributed by atoms with E-state index in [2.05, 4.69) is 36.4 Å². The summed E-state index contributed by atoms with van der Waals surface area (Å²) in [5.74, 6) is 0.227. The standard InChI is InChI=1S/C21H30O3/c1-19(22)11-6-5-9-15-21(17-23-2,18-24-3)16-10-14-20-12-7-4-8-13-20/h4-5,7-10,12-14H,6,11,15-18H2,1-3H3/b9-5+,14-10+. The van der Waals surface area contributed by atoms with Crippen LogP contribution in [0.5, 0.6) is 0 Å². The van der Waals surface area contributed by atoms with Gasteiger partial charge in [0.05, 0.1) is 13.2 Å². The lowest BCUT2D eigenvalue weighted by Crippen LogP contribution is -2.30. The van der Waals surface area contributed by atoms with E-state index in [1.807, 2.05) is 18.2 Å². The topological polar surface area (TPSA) is 35.5 Å². The van der Waals surface area contributed by atoms with Crippen molar-refractivity contribution in [3.05, 3.63) is 54.1 Å². The number of hydrogen-bond donors (Lipinski definition) is 0. The van der Waals surface area contributed by atoms with Gasteiger partial charge in [0, 0.05) is 26.1 Å². The number of rotatable bonds is 12. The number of carbonyl (C=O) groups excluding carboxylic acids is 1. The van der Waals surface area contributed by atoms with E-state index in [4.69, 9.17) is 9.47 Å². The Kier molecular flexibility index (Phi) is 9.97. The molecule has 0 atom stereocenters. The molecule has 0 bridgehead atoms. The van der Waals surface area contributed by atoms with Crippen LogP contribution < -0.4 is 0 Å². The summed E-state index contributed by atoms with van der Waals surface area (Å²) in [6.45, 7) is 2.90. The normalized spacial score (nSPS) is 12.3. The SMILES string of the molecule is COCC(C/C=C/CCC(C)=O)(C/C=C/c1ccccc1)COC. The molecule has 0 heterocycles. The first-order valence-corrected chi connectivity index (χ1v) is 8.46. The van der Waals surface area contributed by atoms with Crippen LogP contribution in [0.1, 0.15) is 38.2 Å². The second kappa shape index (κ2) is 11.8. The molecule has 1 aromatic rings. The van der Waals surface area contributed by atoms with Crippen molar-refractivity contribution in [3.63, 3.8) is 0 Å². The third-order valence-electron chi connectivity index (χ3n) is 3.94. The molecule has 1 aromatic carbocycles. The zero-order valence-electron chi connectivity index (χ0n) is 15.2. The van der Waals surface area contributed by atoms with Gasteiger partial charge in [-0.25, -0.2) is 0 Å². The molecule has 0 aliphatic rings. The molecule has 1 rings (SSSR count). The Morgan fingerprint density at radius 3 is 2.21 bits per heavy atom. The van der Waals surface area contributed by atoms with Crippen molar-refractivity contribution in [2.24, 2.45) is 5.41 Å². The van der Waals surface area contributed by atoms with Crippen molar-refractivity contribution in [2.45, 2.75) is 32.6 Å². The fraction of sp³-hybridized carbons (Fsp3) is 0.476. The molecule has 0 aromatic heterocycles. The predicted molar refractivity (Wildman–Crippen MR) is 100.0 cm³/mol. The summed E-state index contributed by atoms with van der Waals surface area (Å²) in [7, 11) is 3.45. The monoisotopic (exact) mass is 330 g/mol. The fourth-order valence-electron chi connectivity index (χ4n) is 2.72. The molecular weight excluding hydrogens is 300 g/mol. The number of hydrogen-bond acceptors (Lipinski definition) is 3. The Hall–Kier alpha value is -1.71. The highest BCUT2D eigenvalue weighted by molar-refractivity contribution is 5.75. The van der Waals surface area contributed by atoms with E-state index < -0.39 is 0 Å². The zero-order valence-corrected chi connectivity index (χ0v) is 15.2. The number of carbonyl (C=O) groups is 1. The van der Waals surface area contributed by atoms with Crippen LogP contribution in [0.3, 0.4) is 0 Å². The van der Waals surface area contributed by atoms with Gasteiger partial charge in [0.2, 0.25) is 0 Å². The first kappa shape index (κ1) is 20.3. The van der Waals surface area contributed by atoms with Gasteiger partial charge in [0.1, 0.15) is 5.78 Å². The first-order chi connectivity index (χ1) is 11.6.